The predicted octanol–water partition coefficient (Wildman–Crippen LogP) is 2.47. The summed E-state index contributed by atoms with van der Waals surface area (Å²) in [6.45, 7) is 1.98. The van der Waals surface area contributed by atoms with Gasteiger partial charge in [-0.15, -0.1) is 11.3 Å². The molecule has 2 fully saturated rings. The van der Waals surface area contributed by atoms with Crippen molar-refractivity contribution in [3.8, 4) is 5.88 Å². The van der Waals surface area contributed by atoms with Crippen LogP contribution >= 0.6 is 11.3 Å². The van der Waals surface area contributed by atoms with Gasteiger partial charge < -0.3 is 15.4 Å². The monoisotopic (exact) mass is 395 g/mol. The quantitative estimate of drug-likeness (QED) is 0.729. The average molecular weight is 395 g/mol. The van der Waals surface area contributed by atoms with E-state index in [1.165, 1.54) is 17.7 Å². The Labute approximate surface area is 166 Å². The molecule has 8 heteroatoms. The number of rotatable bonds is 4. The van der Waals surface area contributed by atoms with Crippen LogP contribution in [0.15, 0.2) is 36.1 Å². The van der Waals surface area contributed by atoms with Gasteiger partial charge in [0.2, 0.25) is 5.88 Å². The van der Waals surface area contributed by atoms with Crippen molar-refractivity contribution in [3.05, 3.63) is 47.2 Å². The van der Waals surface area contributed by atoms with Gasteiger partial charge in [0.25, 0.3) is 5.91 Å². The maximum absolute atomic E-state index is 12.8. The molecule has 3 unspecified atom stereocenters. The molecule has 0 radical (unpaired) electrons. The molecule has 28 heavy (non-hydrogen) atoms. The van der Waals surface area contributed by atoms with Crippen molar-refractivity contribution >= 4 is 27.6 Å². The molecular weight excluding hydrogens is 374 g/mol. The molecule has 5 rings (SSSR count). The number of carbonyl (C=O) groups is 1. The van der Waals surface area contributed by atoms with Crippen molar-refractivity contribution in [1.29, 1.82) is 0 Å². The van der Waals surface area contributed by atoms with Gasteiger partial charge in [-0.05, 0) is 42.4 Å². The van der Waals surface area contributed by atoms with Crippen LogP contribution in [0, 0.1) is 11.8 Å². The summed E-state index contributed by atoms with van der Waals surface area (Å²) in [5.41, 5.74) is 10.3. The van der Waals surface area contributed by atoms with Gasteiger partial charge in [-0.25, -0.2) is 9.97 Å². The lowest BCUT2D eigenvalue weighted by Crippen LogP contribution is -2.33. The van der Waals surface area contributed by atoms with Gasteiger partial charge in [0.05, 0.1) is 5.51 Å². The molecule has 1 aliphatic heterocycles. The molecule has 2 N–H and O–H groups in total. The second kappa shape index (κ2) is 7.10. The van der Waals surface area contributed by atoms with Crippen LogP contribution in [0.3, 0.4) is 0 Å². The maximum Gasteiger partial charge on any atom is 0.253 e. The Morgan fingerprint density at radius 1 is 1.18 bits per heavy atom. The van der Waals surface area contributed by atoms with Gasteiger partial charge in [-0.1, -0.05) is 12.1 Å². The van der Waals surface area contributed by atoms with E-state index in [2.05, 4.69) is 15.0 Å². The second-order valence-electron chi connectivity index (χ2n) is 7.55. The standard InChI is InChI=1S/C20H21N5O2S/c21-16-6-5-14-7-25(8-15(14)16)20(26)13-3-1-12(2-4-13)9-27-18-17-19(23-10-22-18)28-11-24-17/h1-4,10-11,14-16H,5-9,21H2. The minimum absolute atomic E-state index is 0.0917. The zero-order valence-corrected chi connectivity index (χ0v) is 16.1. The maximum atomic E-state index is 12.8. The fraction of sp³-hybridized carbons (Fsp3) is 0.400. The van der Waals surface area contributed by atoms with Crippen LogP contribution in [0.2, 0.25) is 0 Å². The second-order valence-corrected chi connectivity index (χ2v) is 8.38. The number of ether oxygens (including phenoxy) is 1. The number of fused-ring (bicyclic) bond motifs is 2. The van der Waals surface area contributed by atoms with Gasteiger partial charge in [0.15, 0.2) is 10.3 Å². The molecular formula is C20H21N5O2S. The summed E-state index contributed by atoms with van der Waals surface area (Å²) in [6.07, 6.45) is 3.71. The largest absolute Gasteiger partial charge is 0.471 e. The van der Waals surface area contributed by atoms with Gasteiger partial charge in [0.1, 0.15) is 12.9 Å². The van der Waals surface area contributed by atoms with Crippen molar-refractivity contribution in [3.63, 3.8) is 0 Å². The normalized spacial score (nSPS) is 23.9. The SMILES string of the molecule is NC1CCC2CN(C(=O)c3ccc(COc4ncnc5scnc45)cc3)CC12. The highest BCUT2D eigenvalue weighted by molar-refractivity contribution is 7.16. The lowest BCUT2D eigenvalue weighted by atomic mass is 9.98. The third-order valence-corrected chi connectivity index (χ3v) is 6.61. The molecule has 1 amide bonds. The number of hydrogen-bond donors (Lipinski definition) is 1. The summed E-state index contributed by atoms with van der Waals surface area (Å²) in [4.78, 5) is 28.2. The highest BCUT2D eigenvalue weighted by Crippen LogP contribution is 2.37. The number of likely N-dealkylation sites (tertiary alicyclic amines) is 1. The van der Waals surface area contributed by atoms with E-state index >= 15 is 0 Å². The average Bonchev–Trinajstić information content (AvgIpc) is 3.44. The summed E-state index contributed by atoms with van der Waals surface area (Å²) in [5, 5.41) is 0. The molecule has 1 saturated heterocycles. The number of benzene rings is 1. The van der Waals surface area contributed by atoms with Crippen molar-refractivity contribution in [2.45, 2.75) is 25.5 Å². The number of nitrogens with two attached hydrogens (primary N) is 1. The van der Waals surface area contributed by atoms with E-state index in [1.807, 2.05) is 29.2 Å². The number of nitrogens with zero attached hydrogens (tertiary/aromatic N) is 4. The van der Waals surface area contributed by atoms with E-state index in [1.54, 1.807) is 5.51 Å². The van der Waals surface area contributed by atoms with E-state index in [0.717, 1.165) is 36.3 Å². The minimum atomic E-state index is 0.0917. The molecule has 3 aromatic rings. The first kappa shape index (κ1) is 17.5. The first-order valence-corrected chi connectivity index (χ1v) is 10.4. The summed E-state index contributed by atoms with van der Waals surface area (Å²) < 4.78 is 5.81. The first-order chi connectivity index (χ1) is 13.7. The van der Waals surface area contributed by atoms with Crippen molar-refractivity contribution < 1.29 is 9.53 Å². The zero-order valence-electron chi connectivity index (χ0n) is 15.3. The van der Waals surface area contributed by atoms with E-state index in [0.29, 0.717) is 35.4 Å². The zero-order chi connectivity index (χ0) is 19.1. The van der Waals surface area contributed by atoms with Gasteiger partial charge >= 0.3 is 0 Å². The minimum Gasteiger partial charge on any atom is -0.471 e. The van der Waals surface area contributed by atoms with Crippen LogP contribution in [0.1, 0.15) is 28.8 Å². The Hall–Kier alpha value is -2.58. The fourth-order valence-corrected chi connectivity index (χ4v) is 4.95. The van der Waals surface area contributed by atoms with Crippen LogP contribution in [0.25, 0.3) is 10.3 Å². The predicted molar refractivity (Wildman–Crippen MR) is 106 cm³/mol. The van der Waals surface area contributed by atoms with E-state index in [9.17, 15) is 4.79 Å². The molecule has 1 aromatic carbocycles. The van der Waals surface area contributed by atoms with Crippen LogP contribution in [-0.4, -0.2) is 44.9 Å². The molecule has 3 atom stereocenters. The molecule has 3 heterocycles. The fourth-order valence-electron chi connectivity index (χ4n) is 4.33. The summed E-state index contributed by atoms with van der Waals surface area (Å²) >= 11 is 1.45. The lowest BCUT2D eigenvalue weighted by Gasteiger charge is -2.19. The first-order valence-electron chi connectivity index (χ1n) is 9.50. The number of hydrogen-bond acceptors (Lipinski definition) is 7. The number of aromatic nitrogens is 3. The smallest absolute Gasteiger partial charge is 0.253 e. The van der Waals surface area contributed by atoms with Crippen LogP contribution in [0.4, 0.5) is 0 Å². The molecule has 1 aliphatic carbocycles. The Morgan fingerprint density at radius 3 is 2.86 bits per heavy atom. The van der Waals surface area contributed by atoms with E-state index in [4.69, 9.17) is 10.5 Å². The molecule has 144 valence electrons. The third kappa shape index (κ3) is 3.12. The van der Waals surface area contributed by atoms with Crippen molar-refractivity contribution in [2.24, 2.45) is 17.6 Å². The van der Waals surface area contributed by atoms with E-state index in [-0.39, 0.29) is 11.9 Å². The highest BCUT2D eigenvalue weighted by atomic mass is 32.1. The Bertz CT molecular complexity index is 1010. The molecule has 1 saturated carbocycles. The number of amides is 1. The molecule has 2 aromatic heterocycles. The number of carbonyl (C=O) groups excluding carboxylic acids is 1. The van der Waals surface area contributed by atoms with Gasteiger partial charge in [-0.3, -0.25) is 4.79 Å². The van der Waals surface area contributed by atoms with Crippen LogP contribution in [0.5, 0.6) is 5.88 Å². The van der Waals surface area contributed by atoms with Crippen molar-refractivity contribution in [2.75, 3.05) is 13.1 Å². The Kier molecular flexibility index (Phi) is 4.44. The van der Waals surface area contributed by atoms with E-state index < -0.39 is 0 Å². The van der Waals surface area contributed by atoms with Crippen LogP contribution in [-0.2, 0) is 6.61 Å². The van der Waals surface area contributed by atoms with Gasteiger partial charge in [0, 0.05) is 24.7 Å². The third-order valence-electron chi connectivity index (χ3n) is 5.88. The summed E-state index contributed by atoms with van der Waals surface area (Å²) in [7, 11) is 0. The molecule has 0 spiro atoms. The summed E-state index contributed by atoms with van der Waals surface area (Å²) in [6, 6.07) is 7.83. The number of thiazole rings is 1. The topological polar surface area (TPSA) is 94.2 Å². The molecule has 0 bridgehead atoms. The van der Waals surface area contributed by atoms with Gasteiger partial charge in [-0.2, -0.15) is 4.98 Å². The Balaban J connectivity index is 1.23. The highest BCUT2D eigenvalue weighted by Gasteiger charge is 2.42. The molecule has 7 nitrogen and oxygen atoms in total. The molecule has 2 aliphatic rings. The summed E-state index contributed by atoms with van der Waals surface area (Å²) in [5.74, 6) is 1.61. The van der Waals surface area contributed by atoms with Crippen molar-refractivity contribution in [1.82, 2.24) is 19.9 Å². The van der Waals surface area contributed by atoms with Crippen LogP contribution < -0.4 is 10.5 Å². The lowest BCUT2D eigenvalue weighted by molar-refractivity contribution is 0.0779. The Morgan fingerprint density at radius 2 is 2.04 bits per heavy atom.